The average Bonchev–Trinajstić information content (AvgIpc) is 3.48. The number of nitrogens with zero attached hydrogens (tertiary/aromatic N) is 2. The Morgan fingerprint density at radius 2 is 1.52 bits per heavy atom. The zero-order chi connectivity index (χ0) is 30.3. The first-order chi connectivity index (χ1) is 20.1. The van der Waals surface area contributed by atoms with E-state index < -0.39 is 28.5 Å². The summed E-state index contributed by atoms with van der Waals surface area (Å²) in [5.41, 5.74) is 2.76. The summed E-state index contributed by atoms with van der Waals surface area (Å²) in [6.07, 6.45) is 5.92. The fourth-order valence-corrected chi connectivity index (χ4v) is 6.65. The summed E-state index contributed by atoms with van der Waals surface area (Å²) in [6.45, 7) is 1.45. The van der Waals surface area contributed by atoms with Gasteiger partial charge >= 0.3 is 0 Å². The highest BCUT2D eigenvalue weighted by molar-refractivity contribution is 7.92. The molecule has 0 saturated heterocycles. The van der Waals surface area contributed by atoms with Crippen LogP contribution < -0.4 is 9.62 Å². The van der Waals surface area contributed by atoms with Gasteiger partial charge in [-0.1, -0.05) is 91.5 Å². The molecule has 0 radical (unpaired) electrons. The predicted molar refractivity (Wildman–Crippen MR) is 169 cm³/mol. The van der Waals surface area contributed by atoms with Crippen molar-refractivity contribution in [1.29, 1.82) is 0 Å². The summed E-state index contributed by atoms with van der Waals surface area (Å²) in [7, 11) is -3.85. The van der Waals surface area contributed by atoms with Crippen LogP contribution >= 0.6 is 23.2 Å². The molecule has 4 rings (SSSR count). The van der Waals surface area contributed by atoms with Gasteiger partial charge in [-0.2, -0.15) is 0 Å². The molecule has 3 aromatic carbocycles. The zero-order valence-corrected chi connectivity index (χ0v) is 26.3. The smallest absolute Gasteiger partial charge is 0.244 e. The van der Waals surface area contributed by atoms with Crippen molar-refractivity contribution in [3.8, 4) is 0 Å². The van der Waals surface area contributed by atoms with Crippen molar-refractivity contribution in [2.45, 2.75) is 64.1 Å². The fraction of sp³-hybridized carbons (Fsp3) is 0.375. The minimum absolute atomic E-state index is 0.0289. The molecule has 1 saturated carbocycles. The Morgan fingerprint density at radius 3 is 2.10 bits per heavy atom. The molecule has 7 nitrogen and oxygen atoms in total. The van der Waals surface area contributed by atoms with Crippen molar-refractivity contribution in [2.24, 2.45) is 0 Å². The van der Waals surface area contributed by atoms with Crippen LogP contribution in [0.25, 0.3) is 0 Å². The lowest BCUT2D eigenvalue weighted by Crippen LogP contribution is -2.54. The second-order valence-corrected chi connectivity index (χ2v) is 13.4. The standard InChI is InChI=1S/C32H37Cl2N3O4S/c1-3-23-16-18-26(19-17-23)37(42(2,40)41)22-31(38)36(21-27-28(33)14-9-15-29(27)34)30(20-24-10-5-4-6-11-24)32(39)35-25-12-7-8-13-25/h4-6,9-11,14-19,25,30H,3,7-8,12-13,20-22H2,1-2H3,(H,35,39)/t30-/m1/s1. The van der Waals surface area contributed by atoms with Crippen LogP contribution in [0.3, 0.4) is 0 Å². The van der Waals surface area contributed by atoms with E-state index in [-0.39, 0.29) is 24.9 Å². The Bertz CT molecular complexity index is 1460. The SMILES string of the molecule is CCc1ccc(N(CC(=O)N(Cc2c(Cl)cccc2Cl)[C@H](Cc2ccccc2)C(=O)NC2CCCC2)S(C)(=O)=O)cc1. The van der Waals surface area contributed by atoms with Gasteiger partial charge in [0.1, 0.15) is 12.6 Å². The molecule has 3 aromatic rings. The van der Waals surface area contributed by atoms with E-state index in [1.807, 2.05) is 49.4 Å². The lowest BCUT2D eigenvalue weighted by Gasteiger charge is -2.34. The van der Waals surface area contributed by atoms with Gasteiger partial charge < -0.3 is 10.2 Å². The van der Waals surface area contributed by atoms with Crippen molar-refractivity contribution in [3.63, 3.8) is 0 Å². The summed E-state index contributed by atoms with van der Waals surface area (Å²) in [6, 6.07) is 20.7. The van der Waals surface area contributed by atoms with Crippen molar-refractivity contribution >= 4 is 50.7 Å². The number of benzene rings is 3. The molecule has 0 heterocycles. The first-order valence-electron chi connectivity index (χ1n) is 14.2. The van der Waals surface area contributed by atoms with Crippen molar-refractivity contribution in [2.75, 3.05) is 17.1 Å². The summed E-state index contributed by atoms with van der Waals surface area (Å²) >= 11 is 13.1. The molecule has 10 heteroatoms. The molecular weight excluding hydrogens is 593 g/mol. The van der Waals surface area contributed by atoms with E-state index in [0.29, 0.717) is 21.3 Å². The van der Waals surface area contributed by atoms with Gasteiger partial charge in [-0.05, 0) is 54.7 Å². The van der Waals surface area contributed by atoms with Gasteiger partial charge in [0.2, 0.25) is 21.8 Å². The second-order valence-electron chi connectivity index (χ2n) is 10.7. The molecule has 1 aliphatic carbocycles. The molecule has 0 aliphatic heterocycles. The lowest BCUT2D eigenvalue weighted by molar-refractivity contribution is -0.140. The highest BCUT2D eigenvalue weighted by Crippen LogP contribution is 2.28. The van der Waals surface area contributed by atoms with Crippen molar-refractivity contribution in [3.05, 3.63) is 99.5 Å². The number of nitrogens with one attached hydrogen (secondary N) is 1. The van der Waals surface area contributed by atoms with Crippen LogP contribution in [-0.2, 0) is 39.0 Å². The van der Waals surface area contributed by atoms with Gasteiger partial charge in [0.05, 0.1) is 11.9 Å². The van der Waals surface area contributed by atoms with Crippen molar-refractivity contribution in [1.82, 2.24) is 10.2 Å². The second kappa shape index (κ2) is 14.4. The van der Waals surface area contributed by atoms with Crippen LogP contribution in [-0.4, -0.2) is 50.0 Å². The first kappa shape index (κ1) is 31.9. The highest BCUT2D eigenvalue weighted by Gasteiger charge is 2.35. The summed E-state index contributed by atoms with van der Waals surface area (Å²) < 4.78 is 27.0. The molecule has 2 amide bonds. The van der Waals surface area contributed by atoms with Crippen LogP contribution in [0.2, 0.25) is 10.0 Å². The third kappa shape index (κ3) is 8.27. The molecule has 1 fully saturated rings. The number of anilines is 1. The van der Waals surface area contributed by atoms with E-state index in [9.17, 15) is 18.0 Å². The normalized spacial score (nSPS) is 14.4. The Morgan fingerprint density at radius 1 is 0.905 bits per heavy atom. The molecule has 1 aliphatic rings. The molecular formula is C32H37Cl2N3O4S. The fourth-order valence-electron chi connectivity index (χ4n) is 5.29. The van der Waals surface area contributed by atoms with Crippen LogP contribution in [0.1, 0.15) is 49.3 Å². The predicted octanol–water partition coefficient (Wildman–Crippen LogP) is 6.02. The summed E-state index contributed by atoms with van der Waals surface area (Å²) in [5.74, 6) is -0.834. The van der Waals surface area contributed by atoms with E-state index in [1.165, 1.54) is 4.90 Å². The van der Waals surface area contributed by atoms with E-state index in [4.69, 9.17) is 23.2 Å². The number of hydrogen-bond donors (Lipinski definition) is 1. The van der Waals surface area contributed by atoms with Crippen LogP contribution in [0, 0.1) is 0 Å². The quantitative estimate of drug-likeness (QED) is 0.265. The third-order valence-electron chi connectivity index (χ3n) is 7.67. The van der Waals surface area contributed by atoms with Gasteiger partial charge in [0.25, 0.3) is 0 Å². The Labute approximate surface area is 258 Å². The van der Waals surface area contributed by atoms with Gasteiger partial charge in [0, 0.05) is 34.6 Å². The molecule has 42 heavy (non-hydrogen) atoms. The Kier molecular flexibility index (Phi) is 10.9. The topological polar surface area (TPSA) is 86.8 Å². The molecule has 1 N–H and O–H groups in total. The molecule has 0 aromatic heterocycles. The van der Waals surface area contributed by atoms with Gasteiger partial charge in [0.15, 0.2) is 0 Å². The van der Waals surface area contributed by atoms with E-state index in [2.05, 4.69) is 5.32 Å². The maximum Gasteiger partial charge on any atom is 0.244 e. The van der Waals surface area contributed by atoms with Gasteiger partial charge in [-0.3, -0.25) is 13.9 Å². The van der Waals surface area contributed by atoms with Gasteiger partial charge in [-0.25, -0.2) is 8.42 Å². The number of aryl methyl sites for hydroxylation is 1. The lowest BCUT2D eigenvalue weighted by atomic mass is 10.0. The number of rotatable bonds is 12. The number of amides is 2. The van der Waals surface area contributed by atoms with E-state index in [1.54, 1.807) is 30.3 Å². The number of hydrogen-bond acceptors (Lipinski definition) is 4. The molecule has 0 bridgehead atoms. The monoisotopic (exact) mass is 629 g/mol. The largest absolute Gasteiger partial charge is 0.352 e. The molecule has 224 valence electrons. The molecule has 0 spiro atoms. The summed E-state index contributed by atoms with van der Waals surface area (Å²) in [5, 5.41) is 3.85. The Hall–Kier alpha value is -3.07. The van der Waals surface area contributed by atoms with Crippen LogP contribution in [0.5, 0.6) is 0 Å². The first-order valence-corrected chi connectivity index (χ1v) is 16.8. The van der Waals surface area contributed by atoms with Crippen molar-refractivity contribution < 1.29 is 18.0 Å². The minimum atomic E-state index is -3.85. The molecule has 1 atom stereocenters. The minimum Gasteiger partial charge on any atom is -0.352 e. The van der Waals surface area contributed by atoms with E-state index >= 15 is 0 Å². The molecule has 0 unspecified atom stereocenters. The highest BCUT2D eigenvalue weighted by atomic mass is 35.5. The van der Waals surface area contributed by atoms with Gasteiger partial charge in [-0.15, -0.1) is 0 Å². The average molecular weight is 631 g/mol. The summed E-state index contributed by atoms with van der Waals surface area (Å²) in [4.78, 5) is 29.6. The third-order valence-corrected chi connectivity index (χ3v) is 9.52. The maximum absolute atomic E-state index is 14.3. The number of carbonyl (C=O) groups is 2. The van der Waals surface area contributed by atoms with Crippen LogP contribution in [0.15, 0.2) is 72.8 Å². The van der Waals surface area contributed by atoms with Crippen LogP contribution in [0.4, 0.5) is 5.69 Å². The number of carbonyl (C=O) groups excluding carboxylic acids is 2. The van der Waals surface area contributed by atoms with E-state index in [0.717, 1.165) is 53.8 Å². The maximum atomic E-state index is 14.3. The Balaban J connectivity index is 1.75. The number of halogens is 2. The zero-order valence-electron chi connectivity index (χ0n) is 23.9. The number of sulfonamides is 1.